The van der Waals surface area contributed by atoms with Gasteiger partial charge in [0.15, 0.2) is 0 Å². The number of carbonyl (C=O) groups is 2. The number of nitrogens with one attached hydrogen (secondary N) is 2. The Morgan fingerprint density at radius 3 is 2.39 bits per heavy atom. The lowest BCUT2D eigenvalue weighted by atomic mass is 10.1. The molecule has 0 saturated heterocycles. The number of methoxy groups -OCH3 is 1. The molecule has 0 aliphatic heterocycles. The molecule has 0 aliphatic carbocycles. The number of nitrogens with zero attached hydrogens (tertiary/aromatic N) is 1. The number of anilines is 1. The lowest BCUT2D eigenvalue weighted by Gasteiger charge is -2.15. The van der Waals surface area contributed by atoms with Gasteiger partial charge in [-0.2, -0.15) is 0 Å². The molecule has 0 unspecified atom stereocenters. The number of aryl methyl sites for hydroxylation is 1. The Hall–Kier alpha value is -4.39. The van der Waals surface area contributed by atoms with E-state index >= 15 is 0 Å². The first-order valence-electron chi connectivity index (χ1n) is 11.7. The Labute approximate surface area is 209 Å². The van der Waals surface area contributed by atoms with Crippen molar-refractivity contribution in [2.45, 2.75) is 26.3 Å². The maximum atomic E-state index is 13.5. The average molecular weight is 486 g/mol. The standard InChI is InChI=1S/C29H28FN3O3/c1-20(34)32-24-10-12-25(13-11-24)33-26(14-16-28(33)22-6-8-23(30)9-7-22)15-17-29(35)31-19-21-4-3-5-27(18-21)36-2/h3-14,16,18H,15,17,19H2,1-2H3,(H,31,35)(H,32,34). The van der Waals surface area contributed by atoms with Crippen LogP contribution >= 0.6 is 0 Å². The molecule has 1 aromatic heterocycles. The number of hydrogen-bond acceptors (Lipinski definition) is 3. The highest BCUT2D eigenvalue weighted by molar-refractivity contribution is 5.88. The molecule has 0 fully saturated rings. The highest BCUT2D eigenvalue weighted by Gasteiger charge is 2.14. The van der Waals surface area contributed by atoms with Gasteiger partial charge in [0.1, 0.15) is 11.6 Å². The fourth-order valence-corrected chi connectivity index (χ4v) is 4.04. The molecule has 0 atom stereocenters. The van der Waals surface area contributed by atoms with E-state index in [4.69, 9.17) is 4.74 Å². The van der Waals surface area contributed by atoms with Crippen molar-refractivity contribution in [3.05, 3.63) is 102 Å². The Bertz CT molecular complexity index is 1350. The van der Waals surface area contributed by atoms with Crippen LogP contribution in [-0.4, -0.2) is 23.5 Å². The van der Waals surface area contributed by atoms with Crippen LogP contribution < -0.4 is 15.4 Å². The number of rotatable bonds is 9. The van der Waals surface area contributed by atoms with Gasteiger partial charge in [0.2, 0.25) is 11.8 Å². The van der Waals surface area contributed by atoms with Gasteiger partial charge >= 0.3 is 0 Å². The van der Waals surface area contributed by atoms with E-state index in [2.05, 4.69) is 15.2 Å². The summed E-state index contributed by atoms with van der Waals surface area (Å²) in [7, 11) is 1.61. The predicted octanol–water partition coefficient (Wildman–Crippen LogP) is 5.50. The zero-order valence-corrected chi connectivity index (χ0v) is 20.3. The number of aromatic nitrogens is 1. The van der Waals surface area contributed by atoms with E-state index in [0.717, 1.165) is 34.0 Å². The van der Waals surface area contributed by atoms with Crippen LogP contribution in [0, 0.1) is 5.82 Å². The van der Waals surface area contributed by atoms with Gasteiger partial charge < -0.3 is 19.9 Å². The summed E-state index contributed by atoms with van der Waals surface area (Å²) < 4.78 is 20.8. The van der Waals surface area contributed by atoms with Gasteiger partial charge in [-0.3, -0.25) is 9.59 Å². The van der Waals surface area contributed by atoms with E-state index in [9.17, 15) is 14.0 Å². The second-order valence-corrected chi connectivity index (χ2v) is 8.41. The van der Waals surface area contributed by atoms with Gasteiger partial charge in [-0.15, -0.1) is 0 Å². The van der Waals surface area contributed by atoms with E-state index in [0.29, 0.717) is 25.1 Å². The molecule has 184 valence electrons. The first-order valence-corrected chi connectivity index (χ1v) is 11.7. The van der Waals surface area contributed by atoms with Crippen molar-refractivity contribution in [3.63, 3.8) is 0 Å². The Morgan fingerprint density at radius 1 is 0.944 bits per heavy atom. The van der Waals surface area contributed by atoms with Gasteiger partial charge in [0.05, 0.1) is 12.8 Å². The fourth-order valence-electron chi connectivity index (χ4n) is 4.04. The van der Waals surface area contributed by atoms with Crippen LogP contribution in [0.3, 0.4) is 0 Å². The molecule has 3 aromatic carbocycles. The Balaban J connectivity index is 1.53. The van der Waals surface area contributed by atoms with Gasteiger partial charge in [-0.05, 0) is 90.3 Å². The van der Waals surface area contributed by atoms with Crippen molar-refractivity contribution >= 4 is 17.5 Å². The van der Waals surface area contributed by atoms with Crippen LogP contribution in [0.15, 0.2) is 84.9 Å². The number of ether oxygens (including phenoxy) is 1. The second kappa shape index (κ2) is 11.4. The van der Waals surface area contributed by atoms with Crippen LogP contribution in [0.1, 0.15) is 24.6 Å². The third-order valence-corrected chi connectivity index (χ3v) is 5.78. The Kier molecular flexibility index (Phi) is 7.80. The number of halogens is 1. The van der Waals surface area contributed by atoms with Gasteiger partial charge in [0.25, 0.3) is 0 Å². The zero-order chi connectivity index (χ0) is 25.5. The molecule has 4 aromatic rings. The lowest BCUT2D eigenvalue weighted by molar-refractivity contribution is -0.121. The van der Waals surface area contributed by atoms with Crippen molar-refractivity contribution in [3.8, 4) is 22.7 Å². The van der Waals surface area contributed by atoms with E-state index in [1.165, 1.54) is 19.1 Å². The van der Waals surface area contributed by atoms with E-state index < -0.39 is 0 Å². The van der Waals surface area contributed by atoms with E-state index in [1.54, 1.807) is 19.2 Å². The second-order valence-electron chi connectivity index (χ2n) is 8.41. The number of carbonyl (C=O) groups excluding carboxylic acids is 2. The van der Waals surface area contributed by atoms with Crippen LogP contribution in [0.5, 0.6) is 5.75 Å². The third kappa shape index (κ3) is 6.18. The maximum absolute atomic E-state index is 13.5. The summed E-state index contributed by atoms with van der Waals surface area (Å²) in [5.74, 6) is 0.244. The van der Waals surface area contributed by atoms with E-state index in [1.807, 2.05) is 60.7 Å². The summed E-state index contributed by atoms with van der Waals surface area (Å²) in [4.78, 5) is 24.0. The minimum Gasteiger partial charge on any atom is -0.497 e. The normalized spacial score (nSPS) is 10.6. The largest absolute Gasteiger partial charge is 0.497 e. The third-order valence-electron chi connectivity index (χ3n) is 5.78. The highest BCUT2D eigenvalue weighted by atomic mass is 19.1. The molecule has 4 rings (SSSR count). The SMILES string of the molecule is COc1cccc(CNC(=O)CCc2ccc(-c3ccc(F)cc3)n2-c2ccc(NC(C)=O)cc2)c1. The van der Waals surface area contributed by atoms with Crippen LogP contribution in [0.2, 0.25) is 0 Å². The van der Waals surface area contributed by atoms with Crippen molar-refractivity contribution < 1.29 is 18.7 Å². The molecule has 0 aliphatic rings. The molecule has 0 saturated carbocycles. The lowest BCUT2D eigenvalue weighted by Crippen LogP contribution is -2.23. The molecule has 7 heteroatoms. The Morgan fingerprint density at radius 2 is 1.69 bits per heavy atom. The van der Waals surface area contributed by atoms with Crippen molar-refractivity contribution in [2.24, 2.45) is 0 Å². The smallest absolute Gasteiger partial charge is 0.221 e. The monoisotopic (exact) mass is 485 g/mol. The molecule has 0 bridgehead atoms. The molecule has 6 nitrogen and oxygen atoms in total. The predicted molar refractivity (Wildman–Crippen MR) is 139 cm³/mol. The topological polar surface area (TPSA) is 72.4 Å². The molecule has 36 heavy (non-hydrogen) atoms. The van der Waals surface area contributed by atoms with E-state index in [-0.39, 0.29) is 17.6 Å². The van der Waals surface area contributed by atoms with Crippen molar-refractivity contribution in [2.75, 3.05) is 12.4 Å². The molecule has 1 heterocycles. The quantitative estimate of drug-likeness (QED) is 0.329. The summed E-state index contributed by atoms with van der Waals surface area (Å²) in [5.41, 5.74) is 5.22. The molecular weight excluding hydrogens is 457 g/mol. The van der Waals surface area contributed by atoms with Gasteiger partial charge in [-0.25, -0.2) is 4.39 Å². The van der Waals surface area contributed by atoms with Crippen molar-refractivity contribution in [1.82, 2.24) is 9.88 Å². The molecule has 0 spiro atoms. The first kappa shape index (κ1) is 24.7. The average Bonchev–Trinajstić information content (AvgIpc) is 3.31. The summed E-state index contributed by atoms with van der Waals surface area (Å²) in [6.07, 6.45) is 0.819. The highest BCUT2D eigenvalue weighted by Crippen LogP contribution is 2.28. The summed E-state index contributed by atoms with van der Waals surface area (Å²) in [5, 5.41) is 5.73. The number of benzene rings is 3. The molecule has 2 amide bonds. The minimum atomic E-state index is -0.301. The number of amides is 2. The fraction of sp³-hybridized carbons (Fsp3) is 0.172. The zero-order valence-electron chi connectivity index (χ0n) is 20.3. The summed E-state index contributed by atoms with van der Waals surface area (Å²) in [6.45, 7) is 1.88. The van der Waals surface area contributed by atoms with Gasteiger partial charge in [0, 0.05) is 37.0 Å². The van der Waals surface area contributed by atoms with Crippen molar-refractivity contribution in [1.29, 1.82) is 0 Å². The number of hydrogen-bond donors (Lipinski definition) is 2. The first-order chi connectivity index (χ1) is 17.4. The maximum Gasteiger partial charge on any atom is 0.221 e. The summed E-state index contributed by atoms with van der Waals surface area (Å²) >= 11 is 0. The van der Waals surface area contributed by atoms with Crippen LogP contribution in [-0.2, 0) is 22.6 Å². The van der Waals surface area contributed by atoms with Gasteiger partial charge in [-0.1, -0.05) is 12.1 Å². The molecular formula is C29H28FN3O3. The molecule has 2 N–H and O–H groups in total. The summed E-state index contributed by atoms with van der Waals surface area (Å²) in [6, 6.07) is 25.3. The van der Waals surface area contributed by atoms with Crippen LogP contribution in [0.4, 0.5) is 10.1 Å². The molecule has 0 radical (unpaired) electrons. The van der Waals surface area contributed by atoms with Crippen LogP contribution in [0.25, 0.3) is 16.9 Å². The minimum absolute atomic E-state index is 0.0603.